The second-order valence-corrected chi connectivity index (χ2v) is 9.23. The Morgan fingerprint density at radius 3 is 2.52 bits per heavy atom. The molecule has 0 saturated carbocycles. The maximum absolute atomic E-state index is 12.5. The topological polar surface area (TPSA) is 88.2 Å². The van der Waals surface area contributed by atoms with Crippen LogP contribution in [0.4, 0.5) is 10.8 Å². The Morgan fingerprint density at radius 1 is 0.966 bits per heavy atom. The number of sulfonamides is 1. The fourth-order valence-electron chi connectivity index (χ4n) is 2.65. The van der Waals surface area contributed by atoms with Crippen molar-refractivity contribution < 1.29 is 13.2 Å². The van der Waals surface area contributed by atoms with Gasteiger partial charge in [-0.15, -0.1) is 0 Å². The van der Waals surface area contributed by atoms with Crippen molar-refractivity contribution in [2.75, 3.05) is 10.0 Å². The van der Waals surface area contributed by atoms with Crippen molar-refractivity contribution in [2.45, 2.75) is 4.90 Å². The Balaban J connectivity index is 1.56. The van der Waals surface area contributed by atoms with Gasteiger partial charge < -0.3 is 5.32 Å². The number of thiazole rings is 1. The molecule has 4 rings (SSSR count). The van der Waals surface area contributed by atoms with E-state index in [1.54, 1.807) is 60.7 Å². The maximum Gasteiger partial charge on any atom is 0.263 e. The van der Waals surface area contributed by atoms with Crippen molar-refractivity contribution in [1.29, 1.82) is 0 Å². The lowest BCUT2D eigenvalue weighted by molar-refractivity contribution is 0.102. The number of rotatable bonds is 5. The molecule has 0 spiro atoms. The molecule has 6 nitrogen and oxygen atoms in total. The van der Waals surface area contributed by atoms with E-state index in [1.807, 2.05) is 0 Å². The highest BCUT2D eigenvalue weighted by molar-refractivity contribution is 7.93. The summed E-state index contributed by atoms with van der Waals surface area (Å²) >= 11 is 7.11. The molecule has 0 bridgehead atoms. The van der Waals surface area contributed by atoms with E-state index in [1.165, 1.54) is 23.5 Å². The molecular weight excluding hydrogens is 430 g/mol. The number of fused-ring (bicyclic) bond motifs is 1. The number of carbonyl (C=O) groups is 1. The molecule has 9 heteroatoms. The minimum atomic E-state index is -3.71. The minimum absolute atomic E-state index is 0.161. The maximum atomic E-state index is 12.5. The normalized spacial score (nSPS) is 11.3. The van der Waals surface area contributed by atoms with E-state index >= 15 is 0 Å². The Kier molecular flexibility index (Phi) is 5.23. The second-order valence-electron chi connectivity index (χ2n) is 6.08. The number of nitrogens with one attached hydrogen (secondary N) is 2. The SMILES string of the molecule is O=C(Nc1ccc2nc(NS(=O)(=O)c3ccccc3)sc2c1)c1cccc(Cl)c1. The van der Waals surface area contributed by atoms with Crippen LogP contribution < -0.4 is 10.0 Å². The van der Waals surface area contributed by atoms with Gasteiger partial charge in [-0.3, -0.25) is 9.52 Å². The molecule has 3 aromatic carbocycles. The quantitative estimate of drug-likeness (QED) is 0.454. The summed E-state index contributed by atoms with van der Waals surface area (Å²) in [5.74, 6) is -0.290. The van der Waals surface area contributed by atoms with Crippen LogP contribution in [0.3, 0.4) is 0 Å². The predicted octanol–water partition coefficient (Wildman–Crippen LogP) is 5.00. The molecule has 0 atom stereocenters. The number of hydrogen-bond donors (Lipinski definition) is 2. The number of amides is 1. The number of anilines is 2. The number of aromatic nitrogens is 1. The standard InChI is InChI=1S/C20H14ClN3O3S2/c21-14-6-4-5-13(11-14)19(25)22-15-9-10-17-18(12-15)28-20(23-17)24-29(26,27)16-7-2-1-3-8-16/h1-12H,(H,22,25)(H,23,24). The Bertz CT molecular complexity index is 1310. The van der Waals surface area contributed by atoms with Gasteiger partial charge in [0.25, 0.3) is 15.9 Å². The Labute approximate surface area is 176 Å². The summed E-state index contributed by atoms with van der Waals surface area (Å²) in [6.45, 7) is 0. The first-order chi connectivity index (χ1) is 13.9. The summed E-state index contributed by atoms with van der Waals surface area (Å²) in [4.78, 5) is 16.9. The number of nitrogens with zero attached hydrogens (tertiary/aromatic N) is 1. The smallest absolute Gasteiger partial charge is 0.263 e. The first kappa shape index (κ1) is 19.4. The molecule has 0 unspecified atom stereocenters. The zero-order valence-corrected chi connectivity index (χ0v) is 17.2. The van der Waals surface area contributed by atoms with Crippen LogP contribution >= 0.6 is 22.9 Å². The van der Waals surface area contributed by atoms with Crippen molar-refractivity contribution in [3.05, 3.63) is 83.4 Å². The molecule has 1 heterocycles. The van der Waals surface area contributed by atoms with Crippen LogP contribution in [0.2, 0.25) is 5.02 Å². The van der Waals surface area contributed by atoms with Gasteiger partial charge >= 0.3 is 0 Å². The predicted molar refractivity (Wildman–Crippen MR) is 116 cm³/mol. The van der Waals surface area contributed by atoms with Crippen LogP contribution in [0.15, 0.2) is 77.7 Å². The van der Waals surface area contributed by atoms with Gasteiger partial charge in [0.1, 0.15) is 0 Å². The van der Waals surface area contributed by atoms with Gasteiger partial charge in [-0.1, -0.05) is 47.2 Å². The van der Waals surface area contributed by atoms with E-state index < -0.39 is 10.0 Å². The average Bonchev–Trinajstić information content (AvgIpc) is 3.09. The summed E-state index contributed by atoms with van der Waals surface area (Å²) in [6.07, 6.45) is 0. The van der Waals surface area contributed by atoms with Crippen LogP contribution in [-0.2, 0) is 10.0 Å². The van der Waals surface area contributed by atoms with Gasteiger partial charge in [-0.05, 0) is 48.5 Å². The monoisotopic (exact) mass is 443 g/mol. The summed E-state index contributed by atoms with van der Waals surface area (Å²) in [5.41, 5.74) is 1.64. The number of carbonyl (C=O) groups excluding carboxylic acids is 1. The molecular formula is C20H14ClN3O3S2. The van der Waals surface area contributed by atoms with Crippen LogP contribution in [0, 0.1) is 0 Å². The highest BCUT2D eigenvalue weighted by Crippen LogP contribution is 2.30. The van der Waals surface area contributed by atoms with E-state index in [0.717, 1.165) is 4.70 Å². The number of benzene rings is 3. The van der Waals surface area contributed by atoms with Crippen molar-refractivity contribution in [1.82, 2.24) is 4.98 Å². The van der Waals surface area contributed by atoms with Gasteiger partial charge in [-0.25, -0.2) is 13.4 Å². The fourth-order valence-corrected chi connectivity index (χ4v) is 5.00. The third-order valence-electron chi connectivity index (χ3n) is 4.01. The molecule has 0 aliphatic rings. The van der Waals surface area contributed by atoms with E-state index in [0.29, 0.717) is 21.8 Å². The summed E-state index contributed by atoms with van der Waals surface area (Å²) in [5, 5.41) is 3.53. The van der Waals surface area contributed by atoms with Gasteiger partial charge in [0.05, 0.1) is 15.1 Å². The van der Waals surface area contributed by atoms with E-state index in [2.05, 4.69) is 15.0 Å². The van der Waals surface area contributed by atoms with Crippen molar-refractivity contribution in [3.8, 4) is 0 Å². The number of halogens is 1. The lowest BCUT2D eigenvalue weighted by Crippen LogP contribution is -2.12. The molecule has 0 saturated heterocycles. The van der Waals surface area contributed by atoms with Crippen LogP contribution in [0.1, 0.15) is 10.4 Å². The third-order valence-corrected chi connectivity index (χ3v) is 6.66. The Morgan fingerprint density at radius 2 is 1.76 bits per heavy atom. The highest BCUT2D eigenvalue weighted by Gasteiger charge is 2.16. The zero-order valence-electron chi connectivity index (χ0n) is 14.8. The third kappa shape index (κ3) is 4.40. The summed E-state index contributed by atoms with van der Waals surface area (Å²) in [7, 11) is -3.71. The first-order valence-corrected chi connectivity index (χ1v) is 11.1. The van der Waals surface area contributed by atoms with Crippen LogP contribution in [0.5, 0.6) is 0 Å². The van der Waals surface area contributed by atoms with Crippen molar-refractivity contribution in [2.24, 2.45) is 0 Å². The van der Waals surface area contributed by atoms with E-state index in [4.69, 9.17) is 11.6 Å². The molecule has 0 radical (unpaired) electrons. The second kappa shape index (κ2) is 7.82. The number of hydrogen-bond acceptors (Lipinski definition) is 5. The molecule has 29 heavy (non-hydrogen) atoms. The van der Waals surface area contributed by atoms with Crippen molar-refractivity contribution >= 4 is 59.9 Å². The zero-order chi connectivity index (χ0) is 20.4. The first-order valence-electron chi connectivity index (χ1n) is 8.46. The minimum Gasteiger partial charge on any atom is -0.322 e. The molecule has 4 aromatic rings. The molecule has 1 aromatic heterocycles. The van der Waals surface area contributed by atoms with Crippen LogP contribution in [0.25, 0.3) is 10.2 Å². The average molecular weight is 444 g/mol. The molecule has 0 fully saturated rings. The van der Waals surface area contributed by atoms with E-state index in [9.17, 15) is 13.2 Å². The Hall–Kier alpha value is -2.94. The molecule has 1 amide bonds. The highest BCUT2D eigenvalue weighted by atomic mass is 35.5. The summed E-state index contributed by atoms with van der Waals surface area (Å²) < 4.78 is 28.2. The van der Waals surface area contributed by atoms with E-state index in [-0.39, 0.29) is 15.9 Å². The van der Waals surface area contributed by atoms with Gasteiger partial charge in [-0.2, -0.15) is 0 Å². The van der Waals surface area contributed by atoms with Gasteiger partial charge in [0.2, 0.25) is 0 Å². The van der Waals surface area contributed by atoms with Gasteiger partial charge in [0.15, 0.2) is 5.13 Å². The molecule has 0 aliphatic heterocycles. The van der Waals surface area contributed by atoms with Crippen molar-refractivity contribution in [3.63, 3.8) is 0 Å². The van der Waals surface area contributed by atoms with Gasteiger partial charge in [0, 0.05) is 16.3 Å². The lowest BCUT2D eigenvalue weighted by Gasteiger charge is -2.05. The lowest BCUT2D eigenvalue weighted by atomic mass is 10.2. The molecule has 146 valence electrons. The summed E-state index contributed by atoms with van der Waals surface area (Å²) in [6, 6.07) is 19.9. The molecule has 0 aliphatic carbocycles. The van der Waals surface area contributed by atoms with Crippen LogP contribution in [-0.4, -0.2) is 19.3 Å². The fraction of sp³-hybridized carbons (Fsp3) is 0. The molecule has 2 N–H and O–H groups in total. The largest absolute Gasteiger partial charge is 0.322 e.